The van der Waals surface area contributed by atoms with Gasteiger partial charge in [0.1, 0.15) is 17.7 Å². The summed E-state index contributed by atoms with van der Waals surface area (Å²) >= 11 is 1.38. The molecule has 0 saturated carbocycles. The lowest BCUT2D eigenvalue weighted by molar-refractivity contribution is -0.119. The third kappa shape index (κ3) is 5.03. The molecule has 4 rings (SSSR count). The second kappa shape index (κ2) is 9.61. The maximum absolute atomic E-state index is 12.9. The first-order chi connectivity index (χ1) is 15.1. The van der Waals surface area contributed by atoms with E-state index in [9.17, 15) is 4.79 Å². The fraction of sp³-hybridized carbons (Fsp3) is 0.217. The molecule has 31 heavy (non-hydrogen) atoms. The Kier molecular flexibility index (Phi) is 6.47. The van der Waals surface area contributed by atoms with Gasteiger partial charge in [0.15, 0.2) is 5.16 Å². The van der Waals surface area contributed by atoms with Gasteiger partial charge < -0.3 is 14.5 Å². The molecule has 7 nitrogen and oxygen atoms in total. The topological polar surface area (TPSA) is 77.6 Å². The minimum atomic E-state index is -0.321. The molecule has 4 aromatic rings. The van der Waals surface area contributed by atoms with Gasteiger partial charge in [0.05, 0.1) is 12.3 Å². The third-order valence-electron chi connectivity index (χ3n) is 4.97. The number of rotatable bonds is 8. The number of benzene rings is 2. The number of nitrogens with one attached hydrogen (secondary N) is 1. The van der Waals surface area contributed by atoms with Gasteiger partial charge >= 0.3 is 0 Å². The number of imidazole rings is 1. The van der Waals surface area contributed by atoms with Crippen molar-refractivity contribution >= 4 is 17.7 Å². The standard InChI is InChI=1S/C23H24N6OS/c1-17-26-27-23(29(17)15-18-9-5-3-6-10-18)31-16-20(30)25-21(19-11-7-4-8-12-19)22-24-13-14-28(22)2/h3-14,21H,15-16H2,1-2H3,(H,25,30)/t21-/m0/s1. The van der Waals surface area contributed by atoms with E-state index in [1.54, 1.807) is 6.20 Å². The Balaban J connectivity index is 1.46. The van der Waals surface area contributed by atoms with Crippen molar-refractivity contribution in [3.05, 3.63) is 95.8 Å². The molecular formula is C23H24N6OS. The van der Waals surface area contributed by atoms with Gasteiger partial charge in [-0.1, -0.05) is 72.4 Å². The first kappa shape index (κ1) is 20.9. The average Bonchev–Trinajstić information content (AvgIpc) is 3.37. The maximum Gasteiger partial charge on any atom is 0.231 e. The summed E-state index contributed by atoms with van der Waals surface area (Å²) in [5, 5.41) is 12.3. The predicted molar refractivity (Wildman–Crippen MR) is 121 cm³/mol. The van der Waals surface area contributed by atoms with Gasteiger partial charge in [-0.15, -0.1) is 10.2 Å². The molecule has 1 amide bonds. The zero-order valence-corrected chi connectivity index (χ0v) is 18.3. The summed E-state index contributed by atoms with van der Waals surface area (Å²) in [7, 11) is 1.92. The van der Waals surface area contributed by atoms with Crippen molar-refractivity contribution in [2.24, 2.45) is 7.05 Å². The van der Waals surface area contributed by atoms with E-state index in [0.717, 1.165) is 27.9 Å². The number of nitrogens with zero attached hydrogens (tertiary/aromatic N) is 5. The fourth-order valence-corrected chi connectivity index (χ4v) is 4.14. The van der Waals surface area contributed by atoms with Crippen LogP contribution in [0.5, 0.6) is 0 Å². The molecule has 0 aliphatic heterocycles. The molecule has 1 atom stereocenters. The largest absolute Gasteiger partial charge is 0.341 e. The Morgan fingerprint density at radius 2 is 1.77 bits per heavy atom. The molecule has 2 heterocycles. The second-order valence-electron chi connectivity index (χ2n) is 7.20. The molecule has 0 fully saturated rings. The number of hydrogen-bond donors (Lipinski definition) is 1. The number of amides is 1. The van der Waals surface area contributed by atoms with Crippen molar-refractivity contribution in [1.82, 2.24) is 29.6 Å². The third-order valence-corrected chi connectivity index (χ3v) is 5.94. The highest BCUT2D eigenvalue weighted by atomic mass is 32.2. The Bertz CT molecular complexity index is 1140. The van der Waals surface area contributed by atoms with Gasteiger partial charge in [0, 0.05) is 19.4 Å². The lowest BCUT2D eigenvalue weighted by atomic mass is 10.1. The zero-order valence-electron chi connectivity index (χ0n) is 17.5. The van der Waals surface area contributed by atoms with Crippen molar-refractivity contribution in [3.8, 4) is 0 Å². The summed E-state index contributed by atoms with van der Waals surface area (Å²) in [5.41, 5.74) is 2.15. The SMILES string of the molecule is Cc1nnc(SCC(=O)N[C@@H](c2ccccc2)c2nccn2C)n1Cc1ccccc1. The van der Waals surface area contributed by atoms with Crippen LogP contribution in [0.2, 0.25) is 0 Å². The van der Waals surface area contributed by atoms with Gasteiger partial charge in [0.25, 0.3) is 0 Å². The van der Waals surface area contributed by atoms with Crippen LogP contribution in [-0.4, -0.2) is 36.0 Å². The molecule has 1 N–H and O–H groups in total. The molecule has 0 unspecified atom stereocenters. The number of carbonyl (C=O) groups is 1. The summed E-state index contributed by atoms with van der Waals surface area (Å²) in [5.74, 6) is 1.75. The van der Waals surface area contributed by atoms with E-state index >= 15 is 0 Å². The Labute approximate surface area is 185 Å². The monoisotopic (exact) mass is 432 g/mol. The Morgan fingerprint density at radius 3 is 2.45 bits per heavy atom. The highest BCUT2D eigenvalue weighted by Gasteiger charge is 2.21. The average molecular weight is 433 g/mol. The smallest absolute Gasteiger partial charge is 0.231 e. The highest BCUT2D eigenvalue weighted by Crippen LogP contribution is 2.22. The Hall–Kier alpha value is -3.39. The molecule has 0 saturated heterocycles. The van der Waals surface area contributed by atoms with E-state index in [1.807, 2.05) is 77.8 Å². The summed E-state index contributed by atoms with van der Waals surface area (Å²) in [6, 6.07) is 19.7. The molecule has 158 valence electrons. The van der Waals surface area contributed by atoms with E-state index < -0.39 is 0 Å². The molecule has 0 radical (unpaired) electrons. The van der Waals surface area contributed by atoms with Crippen LogP contribution in [0.15, 0.2) is 78.2 Å². The van der Waals surface area contributed by atoms with Gasteiger partial charge in [-0.05, 0) is 18.1 Å². The highest BCUT2D eigenvalue weighted by molar-refractivity contribution is 7.99. The number of carbonyl (C=O) groups excluding carboxylic acids is 1. The molecular weight excluding hydrogens is 408 g/mol. The fourth-order valence-electron chi connectivity index (χ4n) is 3.35. The normalized spacial score (nSPS) is 11.9. The van der Waals surface area contributed by atoms with Crippen LogP contribution >= 0.6 is 11.8 Å². The molecule has 0 bridgehead atoms. The van der Waals surface area contributed by atoms with Crippen molar-refractivity contribution in [2.75, 3.05) is 5.75 Å². The quantitative estimate of drug-likeness (QED) is 0.432. The first-order valence-corrected chi connectivity index (χ1v) is 11.0. The van der Waals surface area contributed by atoms with Gasteiger partial charge in [0.2, 0.25) is 5.91 Å². The number of aryl methyl sites for hydroxylation is 2. The lowest BCUT2D eigenvalue weighted by Gasteiger charge is -2.19. The molecule has 2 aromatic carbocycles. The van der Waals surface area contributed by atoms with Crippen molar-refractivity contribution < 1.29 is 4.79 Å². The zero-order chi connectivity index (χ0) is 21.6. The predicted octanol–water partition coefficient (Wildman–Crippen LogP) is 3.37. The molecule has 0 aliphatic carbocycles. The number of thioether (sulfide) groups is 1. The Morgan fingerprint density at radius 1 is 1.06 bits per heavy atom. The molecule has 0 aliphatic rings. The van der Waals surface area contributed by atoms with Crippen LogP contribution in [0.3, 0.4) is 0 Å². The molecule has 8 heteroatoms. The summed E-state index contributed by atoms with van der Waals surface area (Å²) in [4.78, 5) is 17.3. The number of hydrogen-bond acceptors (Lipinski definition) is 5. The van der Waals surface area contributed by atoms with Crippen LogP contribution in [0.4, 0.5) is 0 Å². The lowest BCUT2D eigenvalue weighted by Crippen LogP contribution is -2.32. The first-order valence-electron chi connectivity index (χ1n) is 10.00. The van der Waals surface area contributed by atoms with Crippen molar-refractivity contribution in [2.45, 2.75) is 24.7 Å². The molecule has 2 aromatic heterocycles. The maximum atomic E-state index is 12.9. The number of aromatic nitrogens is 5. The van der Waals surface area contributed by atoms with Crippen LogP contribution in [0, 0.1) is 6.92 Å². The van der Waals surface area contributed by atoms with Crippen LogP contribution in [0.1, 0.15) is 28.8 Å². The van der Waals surface area contributed by atoms with Crippen molar-refractivity contribution in [1.29, 1.82) is 0 Å². The van der Waals surface area contributed by atoms with Gasteiger partial charge in [-0.25, -0.2) is 4.98 Å². The van der Waals surface area contributed by atoms with Crippen LogP contribution < -0.4 is 5.32 Å². The molecule has 0 spiro atoms. The van der Waals surface area contributed by atoms with E-state index in [-0.39, 0.29) is 17.7 Å². The van der Waals surface area contributed by atoms with Crippen LogP contribution in [0.25, 0.3) is 0 Å². The van der Waals surface area contributed by atoms with E-state index in [2.05, 4.69) is 32.6 Å². The summed E-state index contributed by atoms with van der Waals surface area (Å²) < 4.78 is 3.95. The second-order valence-corrected chi connectivity index (χ2v) is 8.14. The summed E-state index contributed by atoms with van der Waals surface area (Å²) in [6.07, 6.45) is 3.61. The van der Waals surface area contributed by atoms with E-state index in [4.69, 9.17) is 0 Å². The van der Waals surface area contributed by atoms with Crippen molar-refractivity contribution in [3.63, 3.8) is 0 Å². The van der Waals surface area contributed by atoms with Gasteiger partial charge in [-0.3, -0.25) is 4.79 Å². The minimum absolute atomic E-state index is 0.0891. The summed E-state index contributed by atoms with van der Waals surface area (Å²) in [6.45, 7) is 2.59. The van der Waals surface area contributed by atoms with E-state index in [1.165, 1.54) is 11.8 Å². The minimum Gasteiger partial charge on any atom is -0.341 e. The van der Waals surface area contributed by atoms with Gasteiger partial charge in [-0.2, -0.15) is 0 Å². The van der Waals surface area contributed by atoms with E-state index in [0.29, 0.717) is 6.54 Å². The van der Waals surface area contributed by atoms with Crippen LogP contribution in [-0.2, 0) is 18.4 Å².